The maximum Gasteiger partial charge on any atom is 0.490 e. The number of rotatable bonds is 6. The molecule has 0 radical (unpaired) electrons. The Morgan fingerprint density at radius 1 is 1.20 bits per heavy atom. The summed E-state index contributed by atoms with van der Waals surface area (Å²) in [6.45, 7) is 0.135. The molecule has 1 aromatic heterocycles. The van der Waals surface area contributed by atoms with Gasteiger partial charge in [0.2, 0.25) is 11.6 Å². The number of hydrogen-bond acceptors (Lipinski definition) is 7. The summed E-state index contributed by atoms with van der Waals surface area (Å²) in [5, 5.41) is 20.8. The Balaban J connectivity index is 0.000000364. The van der Waals surface area contributed by atoms with Gasteiger partial charge in [0.05, 0.1) is 10.4 Å². The molecular formula is C20H18ClF5N4O5. The van der Waals surface area contributed by atoms with E-state index in [0.717, 1.165) is 6.07 Å². The van der Waals surface area contributed by atoms with Crippen molar-refractivity contribution in [3.63, 3.8) is 0 Å². The van der Waals surface area contributed by atoms with E-state index < -0.39 is 23.6 Å². The van der Waals surface area contributed by atoms with Crippen LogP contribution in [0.3, 0.4) is 0 Å². The van der Waals surface area contributed by atoms with Crippen LogP contribution in [-0.2, 0) is 20.7 Å². The number of nitrogens with zero attached hydrogens (tertiary/aromatic N) is 2. The molecule has 1 amide bonds. The smallest absolute Gasteiger partial charge is 0.484 e. The molecule has 4 fully saturated rings. The van der Waals surface area contributed by atoms with Crippen LogP contribution in [-0.4, -0.2) is 58.6 Å². The van der Waals surface area contributed by atoms with Crippen molar-refractivity contribution in [1.29, 1.82) is 0 Å². The topological polar surface area (TPSA) is 127 Å². The molecule has 4 aliphatic rings. The van der Waals surface area contributed by atoms with Crippen molar-refractivity contribution in [2.45, 2.75) is 42.1 Å². The predicted molar refractivity (Wildman–Crippen MR) is 107 cm³/mol. The molecule has 9 nitrogen and oxygen atoms in total. The normalized spacial score (nSPS) is 25.7. The Morgan fingerprint density at radius 2 is 1.80 bits per heavy atom. The first-order valence-electron chi connectivity index (χ1n) is 10.2. The number of carbonyl (C=O) groups excluding carboxylic acids is 1. The highest BCUT2D eigenvalue weighted by atomic mass is 35.5. The van der Waals surface area contributed by atoms with Crippen LogP contribution in [0.2, 0.25) is 5.02 Å². The summed E-state index contributed by atoms with van der Waals surface area (Å²) in [4.78, 5) is 21.1. The lowest BCUT2D eigenvalue weighted by Gasteiger charge is -2.68. The molecular weight excluding hydrogens is 507 g/mol. The van der Waals surface area contributed by atoms with Crippen molar-refractivity contribution in [3.8, 4) is 5.75 Å². The molecule has 0 spiro atoms. The predicted octanol–water partition coefficient (Wildman–Crippen LogP) is 2.63. The highest BCUT2D eigenvalue weighted by Gasteiger charge is 2.72. The summed E-state index contributed by atoms with van der Waals surface area (Å²) < 4.78 is 70.4. The third-order valence-electron chi connectivity index (χ3n) is 6.01. The van der Waals surface area contributed by atoms with E-state index in [1.807, 2.05) is 0 Å². The number of hydrogen-bond donors (Lipinski definition) is 3. The molecule has 2 bridgehead atoms. The Labute approximate surface area is 199 Å². The Kier molecular flexibility index (Phi) is 6.16. The van der Waals surface area contributed by atoms with E-state index in [9.17, 15) is 26.7 Å². The lowest BCUT2D eigenvalue weighted by atomic mass is 9.39. The summed E-state index contributed by atoms with van der Waals surface area (Å²) in [5.74, 6) is -2.96. The van der Waals surface area contributed by atoms with Gasteiger partial charge in [-0.15, -0.1) is 10.2 Å². The minimum absolute atomic E-state index is 0.00704. The molecule has 1 saturated heterocycles. The van der Waals surface area contributed by atoms with Gasteiger partial charge in [-0.2, -0.15) is 13.2 Å². The van der Waals surface area contributed by atoms with Crippen LogP contribution in [0.15, 0.2) is 22.6 Å². The number of benzene rings is 1. The first-order chi connectivity index (χ1) is 16.3. The third kappa shape index (κ3) is 4.89. The van der Waals surface area contributed by atoms with Crippen molar-refractivity contribution >= 4 is 23.5 Å². The molecule has 3 aliphatic carbocycles. The molecule has 1 aliphatic heterocycles. The number of amides is 1. The van der Waals surface area contributed by atoms with Crippen molar-refractivity contribution in [3.05, 3.63) is 40.8 Å². The van der Waals surface area contributed by atoms with Crippen LogP contribution in [0.25, 0.3) is 0 Å². The highest BCUT2D eigenvalue weighted by molar-refractivity contribution is 6.30. The SMILES string of the molecule is O=C(COc1ccc(Cl)c(F)c1)NC12CC(c3nnc(C4(F)CNC4)o3)(C1)C2.O=C(O)C(F)(F)F. The fourth-order valence-corrected chi connectivity index (χ4v) is 4.43. The van der Waals surface area contributed by atoms with E-state index in [1.165, 1.54) is 12.1 Å². The Morgan fingerprint density at radius 3 is 2.31 bits per heavy atom. The quantitative estimate of drug-likeness (QED) is 0.492. The standard InChI is InChI=1S/C18H17ClF2N4O3.C2HF3O2/c19-11-2-1-10(3-12(11)20)27-4-13(26)23-17-5-16(6-17,7-17)14-24-25-15(28-14)18(21)8-22-9-18;3-2(4,5)1(6)7/h1-3,22H,4-9H2,(H,23,26);(H,6,7). The molecule has 2 heterocycles. The van der Waals surface area contributed by atoms with E-state index in [-0.39, 0.29) is 53.2 Å². The van der Waals surface area contributed by atoms with E-state index in [1.54, 1.807) is 0 Å². The first-order valence-corrected chi connectivity index (χ1v) is 10.6. The lowest BCUT2D eigenvalue weighted by molar-refractivity contribution is -0.192. The second kappa shape index (κ2) is 8.59. The van der Waals surface area contributed by atoms with Crippen molar-refractivity contribution in [2.24, 2.45) is 0 Å². The maximum atomic E-state index is 14.3. The largest absolute Gasteiger partial charge is 0.490 e. The molecule has 1 aromatic carbocycles. The number of carboxylic acid groups (broad SMARTS) is 1. The number of alkyl halides is 4. The number of carbonyl (C=O) groups is 2. The van der Waals surface area contributed by atoms with Crippen molar-refractivity contribution < 1.29 is 45.8 Å². The van der Waals surface area contributed by atoms with Crippen LogP contribution in [0.1, 0.15) is 31.0 Å². The second-order valence-corrected chi connectivity index (χ2v) is 9.20. The van der Waals surface area contributed by atoms with Gasteiger partial charge in [-0.25, -0.2) is 13.6 Å². The molecule has 35 heavy (non-hydrogen) atoms. The average molecular weight is 525 g/mol. The molecule has 3 saturated carbocycles. The van der Waals surface area contributed by atoms with E-state index in [4.69, 9.17) is 30.7 Å². The lowest BCUT2D eigenvalue weighted by Crippen LogP contribution is -2.77. The van der Waals surface area contributed by atoms with Crippen molar-refractivity contribution in [1.82, 2.24) is 20.8 Å². The summed E-state index contributed by atoms with van der Waals surface area (Å²) in [6.07, 6.45) is -3.08. The average Bonchev–Trinajstić information content (AvgIpc) is 3.18. The maximum absolute atomic E-state index is 14.3. The Hall–Kier alpha value is -3.00. The van der Waals surface area contributed by atoms with Crippen LogP contribution >= 0.6 is 11.6 Å². The van der Waals surface area contributed by atoms with Gasteiger partial charge in [-0.05, 0) is 31.4 Å². The second-order valence-electron chi connectivity index (χ2n) is 8.79. The zero-order valence-electron chi connectivity index (χ0n) is 17.7. The van der Waals surface area contributed by atoms with Gasteiger partial charge < -0.3 is 24.9 Å². The van der Waals surface area contributed by atoms with Crippen LogP contribution < -0.4 is 15.4 Å². The summed E-state index contributed by atoms with van der Waals surface area (Å²) in [7, 11) is 0. The fourth-order valence-electron chi connectivity index (χ4n) is 4.31. The van der Waals surface area contributed by atoms with Gasteiger partial charge >= 0.3 is 12.1 Å². The zero-order valence-corrected chi connectivity index (χ0v) is 18.5. The minimum atomic E-state index is -5.08. The summed E-state index contributed by atoms with van der Waals surface area (Å²) >= 11 is 5.61. The van der Waals surface area contributed by atoms with E-state index in [0.29, 0.717) is 25.2 Å². The van der Waals surface area contributed by atoms with Gasteiger partial charge in [0.1, 0.15) is 11.6 Å². The number of ether oxygens (including phenoxy) is 1. The first kappa shape index (κ1) is 25.1. The number of aliphatic carboxylic acids is 1. The van der Waals surface area contributed by atoms with Gasteiger partial charge in [0.25, 0.3) is 11.8 Å². The summed E-state index contributed by atoms with van der Waals surface area (Å²) in [6, 6.07) is 4.00. The third-order valence-corrected chi connectivity index (χ3v) is 6.32. The molecule has 0 atom stereocenters. The molecule has 3 N–H and O–H groups in total. The highest BCUT2D eigenvalue weighted by Crippen LogP contribution is 2.67. The monoisotopic (exact) mass is 524 g/mol. The Bertz CT molecular complexity index is 1130. The molecule has 15 heteroatoms. The van der Waals surface area contributed by atoms with Gasteiger partial charge in [-0.1, -0.05) is 11.6 Å². The minimum Gasteiger partial charge on any atom is -0.484 e. The molecule has 2 aromatic rings. The fraction of sp³-hybridized carbons (Fsp3) is 0.500. The van der Waals surface area contributed by atoms with Gasteiger partial charge in [0, 0.05) is 24.7 Å². The van der Waals surface area contributed by atoms with Gasteiger partial charge in [0.15, 0.2) is 6.61 Å². The van der Waals surface area contributed by atoms with E-state index >= 15 is 0 Å². The number of aromatic nitrogens is 2. The van der Waals surface area contributed by atoms with E-state index in [2.05, 4.69) is 20.8 Å². The number of nitrogens with one attached hydrogen (secondary N) is 2. The molecule has 6 rings (SSSR count). The van der Waals surface area contributed by atoms with Crippen LogP contribution in [0.4, 0.5) is 22.0 Å². The van der Waals surface area contributed by atoms with Crippen LogP contribution in [0, 0.1) is 5.82 Å². The number of carboxylic acids is 1. The van der Waals surface area contributed by atoms with Gasteiger partial charge in [-0.3, -0.25) is 4.79 Å². The molecule has 190 valence electrons. The molecule has 0 unspecified atom stereocenters. The van der Waals surface area contributed by atoms with Crippen LogP contribution in [0.5, 0.6) is 5.75 Å². The van der Waals surface area contributed by atoms with Crippen molar-refractivity contribution in [2.75, 3.05) is 19.7 Å². The summed E-state index contributed by atoms with van der Waals surface area (Å²) in [5.41, 5.74) is -2.16. The number of halogens is 6. The zero-order chi connectivity index (χ0) is 25.6.